The largest absolute Gasteiger partial charge is 0.352 e. The minimum Gasteiger partial charge on any atom is -0.352 e. The number of carbonyl (C=O) groups is 1. The Labute approximate surface area is 95.5 Å². The lowest BCUT2D eigenvalue weighted by Crippen LogP contribution is -2.37. The Morgan fingerprint density at radius 2 is 2.50 bits per heavy atom. The van der Waals surface area contributed by atoms with Gasteiger partial charge in [0.2, 0.25) is 5.91 Å². The minimum atomic E-state index is 0.0844. The molecule has 0 radical (unpaired) electrons. The van der Waals surface area contributed by atoms with Crippen LogP contribution in [-0.2, 0) is 11.2 Å². The predicted octanol–water partition coefficient (Wildman–Crippen LogP) is 0.411. The molecule has 4 heteroatoms. The second kappa shape index (κ2) is 5.07. The monoisotopic (exact) mass is 219 g/mol. The van der Waals surface area contributed by atoms with Gasteiger partial charge in [0.1, 0.15) is 0 Å². The van der Waals surface area contributed by atoms with Crippen molar-refractivity contribution in [2.75, 3.05) is 13.1 Å². The average Bonchev–Trinajstić information content (AvgIpc) is 2.70. The Morgan fingerprint density at radius 3 is 3.19 bits per heavy atom. The van der Waals surface area contributed by atoms with E-state index in [-0.39, 0.29) is 5.91 Å². The molecule has 0 aliphatic carbocycles. The zero-order valence-corrected chi connectivity index (χ0v) is 9.49. The van der Waals surface area contributed by atoms with Crippen molar-refractivity contribution in [3.63, 3.8) is 0 Å². The Kier molecular flexibility index (Phi) is 3.51. The average molecular weight is 219 g/mol. The van der Waals surface area contributed by atoms with E-state index in [1.807, 2.05) is 13.0 Å². The summed E-state index contributed by atoms with van der Waals surface area (Å²) in [5.74, 6) is 0.0844. The highest BCUT2D eigenvalue weighted by Crippen LogP contribution is 2.03. The van der Waals surface area contributed by atoms with Gasteiger partial charge in [0.25, 0.3) is 0 Å². The van der Waals surface area contributed by atoms with Crippen molar-refractivity contribution in [3.05, 3.63) is 29.6 Å². The molecule has 1 aliphatic rings. The number of nitrogens with one attached hydrogen (secondary N) is 2. The maximum Gasteiger partial charge on any atom is 0.224 e. The van der Waals surface area contributed by atoms with E-state index >= 15 is 0 Å². The molecular weight excluding hydrogens is 202 g/mol. The molecule has 2 heterocycles. The highest BCUT2D eigenvalue weighted by atomic mass is 16.1. The highest BCUT2D eigenvalue weighted by Gasteiger charge is 2.16. The van der Waals surface area contributed by atoms with Crippen LogP contribution in [0.15, 0.2) is 18.5 Å². The number of aromatic nitrogens is 1. The summed E-state index contributed by atoms with van der Waals surface area (Å²) in [5.41, 5.74) is 2.07. The summed E-state index contributed by atoms with van der Waals surface area (Å²) in [5, 5.41) is 6.24. The number of nitrogens with zero attached hydrogens (tertiary/aromatic N) is 1. The summed E-state index contributed by atoms with van der Waals surface area (Å²) in [6, 6.07) is 2.30. The standard InChI is InChI=1S/C12H17N3O/c1-9-4-10(7-14-6-9)5-12(16)15-11-2-3-13-8-11/h4,6-7,11,13H,2-3,5,8H2,1H3,(H,15,16). The molecule has 0 spiro atoms. The number of amides is 1. The van der Waals surface area contributed by atoms with Gasteiger partial charge in [-0.2, -0.15) is 0 Å². The molecule has 2 rings (SSSR count). The van der Waals surface area contributed by atoms with Gasteiger partial charge in [0.15, 0.2) is 0 Å². The van der Waals surface area contributed by atoms with Crippen LogP contribution in [-0.4, -0.2) is 30.0 Å². The van der Waals surface area contributed by atoms with E-state index in [1.54, 1.807) is 12.4 Å². The lowest BCUT2D eigenvalue weighted by Gasteiger charge is -2.11. The first-order valence-corrected chi connectivity index (χ1v) is 5.64. The molecule has 1 unspecified atom stereocenters. The molecule has 1 aromatic rings. The third-order valence-corrected chi connectivity index (χ3v) is 2.72. The number of pyridine rings is 1. The first-order valence-electron chi connectivity index (χ1n) is 5.64. The van der Waals surface area contributed by atoms with Crippen LogP contribution in [0.3, 0.4) is 0 Å². The molecular formula is C12H17N3O. The second-order valence-corrected chi connectivity index (χ2v) is 4.30. The first kappa shape index (κ1) is 11.1. The lowest BCUT2D eigenvalue weighted by atomic mass is 10.1. The molecule has 0 bridgehead atoms. The van der Waals surface area contributed by atoms with Gasteiger partial charge in [-0.15, -0.1) is 0 Å². The van der Waals surface area contributed by atoms with Crippen LogP contribution < -0.4 is 10.6 Å². The van der Waals surface area contributed by atoms with Crippen molar-refractivity contribution in [3.8, 4) is 0 Å². The number of aryl methyl sites for hydroxylation is 1. The van der Waals surface area contributed by atoms with E-state index < -0.39 is 0 Å². The zero-order valence-electron chi connectivity index (χ0n) is 9.49. The van der Waals surface area contributed by atoms with E-state index in [0.717, 1.165) is 30.6 Å². The van der Waals surface area contributed by atoms with Crippen LogP contribution in [0.4, 0.5) is 0 Å². The molecule has 2 N–H and O–H groups in total. The maximum absolute atomic E-state index is 11.7. The molecule has 4 nitrogen and oxygen atoms in total. The van der Waals surface area contributed by atoms with Crippen LogP contribution in [0, 0.1) is 6.92 Å². The normalized spacial score (nSPS) is 19.7. The Bertz CT molecular complexity index is 372. The van der Waals surface area contributed by atoms with Gasteiger partial charge in [-0.25, -0.2) is 0 Å². The maximum atomic E-state index is 11.7. The van der Waals surface area contributed by atoms with Crippen LogP contribution in [0.2, 0.25) is 0 Å². The fourth-order valence-corrected chi connectivity index (χ4v) is 1.96. The molecule has 1 amide bonds. The fraction of sp³-hybridized carbons (Fsp3) is 0.500. The molecule has 16 heavy (non-hydrogen) atoms. The van der Waals surface area contributed by atoms with Gasteiger partial charge in [-0.1, -0.05) is 6.07 Å². The zero-order chi connectivity index (χ0) is 11.4. The number of rotatable bonds is 3. The summed E-state index contributed by atoms with van der Waals surface area (Å²) >= 11 is 0. The van der Waals surface area contributed by atoms with Gasteiger partial charge in [0, 0.05) is 25.0 Å². The second-order valence-electron chi connectivity index (χ2n) is 4.30. The molecule has 86 valence electrons. The third-order valence-electron chi connectivity index (χ3n) is 2.72. The van der Waals surface area contributed by atoms with E-state index in [9.17, 15) is 4.79 Å². The van der Waals surface area contributed by atoms with Crippen LogP contribution in [0.25, 0.3) is 0 Å². The molecule has 1 atom stereocenters. The first-order chi connectivity index (χ1) is 7.74. The van der Waals surface area contributed by atoms with Gasteiger partial charge in [0.05, 0.1) is 6.42 Å². The van der Waals surface area contributed by atoms with Gasteiger partial charge < -0.3 is 10.6 Å². The molecule has 0 aromatic carbocycles. The van der Waals surface area contributed by atoms with Crippen molar-refractivity contribution in [1.29, 1.82) is 0 Å². The van der Waals surface area contributed by atoms with Crippen LogP contribution in [0.5, 0.6) is 0 Å². The Morgan fingerprint density at radius 1 is 1.62 bits per heavy atom. The summed E-state index contributed by atoms with van der Waals surface area (Å²) in [4.78, 5) is 15.8. The predicted molar refractivity (Wildman–Crippen MR) is 62.1 cm³/mol. The fourth-order valence-electron chi connectivity index (χ4n) is 1.96. The third kappa shape index (κ3) is 3.03. The highest BCUT2D eigenvalue weighted by molar-refractivity contribution is 5.78. The SMILES string of the molecule is Cc1cncc(CC(=O)NC2CCNC2)c1. The van der Waals surface area contributed by atoms with Crippen molar-refractivity contribution >= 4 is 5.91 Å². The molecule has 1 aromatic heterocycles. The van der Waals surface area contributed by atoms with Gasteiger partial charge in [-0.05, 0) is 31.0 Å². The summed E-state index contributed by atoms with van der Waals surface area (Å²) < 4.78 is 0. The van der Waals surface area contributed by atoms with Crippen LogP contribution in [0.1, 0.15) is 17.5 Å². The van der Waals surface area contributed by atoms with Crippen molar-refractivity contribution in [1.82, 2.24) is 15.6 Å². The van der Waals surface area contributed by atoms with Crippen molar-refractivity contribution in [2.24, 2.45) is 0 Å². The van der Waals surface area contributed by atoms with Crippen molar-refractivity contribution < 1.29 is 4.79 Å². The van der Waals surface area contributed by atoms with E-state index in [2.05, 4.69) is 15.6 Å². The molecule has 0 saturated carbocycles. The van der Waals surface area contributed by atoms with Gasteiger partial charge in [-0.3, -0.25) is 9.78 Å². The smallest absolute Gasteiger partial charge is 0.224 e. The number of hydrogen-bond donors (Lipinski definition) is 2. The summed E-state index contributed by atoms with van der Waals surface area (Å²) in [7, 11) is 0. The Hall–Kier alpha value is -1.42. The van der Waals surface area contributed by atoms with E-state index in [0.29, 0.717) is 12.5 Å². The minimum absolute atomic E-state index is 0.0844. The van der Waals surface area contributed by atoms with Crippen molar-refractivity contribution in [2.45, 2.75) is 25.8 Å². The number of carbonyl (C=O) groups excluding carboxylic acids is 1. The Balaban J connectivity index is 1.86. The molecule has 1 aliphatic heterocycles. The van der Waals surface area contributed by atoms with Gasteiger partial charge >= 0.3 is 0 Å². The number of hydrogen-bond acceptors (Lipinski definition) is 3. The van der Waals surface area contributed by atoms with Crippen LogP contribution >= 0.6 is 0 Å². The molecule has 1 fully saturated rings. The quantitative estimate of drug-likeness (QED) is 0.774. The summed E-state index contributed by atoms with van der Waals surface area (Å²) in [6.07, 6.45) is 4.99. The lowest BCUT2D eigenvalue weighted by molar-refractivity contribution is -0.121. The summed E-state index contributed by atoms with van der Waals surface area (Å²) in [6.45, 7) is 3.87. The molecule has 1 saturated heterocycles. The topological polar surface area (TPSA) is 54.0 Å². The van der Waals surface area contributed by atoms with E-state index in [4.69, 9.17) is 0 Å². The van der Waals surface area contributed by atoms with E-state index in [1.165, 1.54) is 0 Å².